The SMILES string of the molecule is CC(C)=O.Nc1cccc(O[C@H]2c3ccccc3C[C@@H]2N2CCCCC2)c1. The van der Waals surface area contributed by atoms with E-state index in [0.717, 1.165) is 17.9 Å². The molecule has 1 aliphatic heterocycles. The number of nitrogens with two attached hydrogens (primary N) is 1. The fourth-order valence-corrected chi connectivity index (χ4v) is 3.98. The number of carbonyl (C=O) groups is 1. The zero-order chi connectivity index (χ0) is 19.2. The third-order valence-electron chi connectivity index (χ3n) is 5.12. The van der Waals surface area contributed by atoms with Crippen molar-refractivity contribution in [2.24, 2.45) is 0 Å². The van der Waals surface area contributed by atoms with E-state index in [-0.39, 0.29) is 11.9 Å². The minimum Gasteiger partial charge on any atom is -0.484 e. The molecule has 4 heteroatoms. The lowest BCUT2D eigenvalue weighted by Gasteiger charge is -2.35. The van der Waals surface area contributed by atoms with Gasteiger partial charge in [0.1, 0.15) is 17.6 Å². The van der Waals surface area contributed by atoms with Gasteiger partial charge in [0.25, 0.3) is 0 Å². The predicted octanol–water partition coefficient (Wildman–Crippen LogP) is 4.39. The lowest BCUT2D eigenvalue weighted by atomic mass is 10.0. The van der Waals surface area contributed by atoms with Crippen LogP contribution in [-0.2, 0) is 11.2 Å². The van der Waals surface area contributed by atoms with Gasteiger partial charge in [-0.05, 0) is 69.5 Å². The Labute approximate surface area is 162 Å². The first-order valence-corrected chi connectivity index (χ1v) is 9.86. The predicted molar refractivity (Wildman–Crippen MR) is 110 cm³/mol. The topological polar surface area (TPSA) is 55.6 Å². The lowest BCUT2D eigenvalue weighted by molar-refractivity contribution is -0.114. The maximum absolute atomic E-state index is 9.44. The molecule has 2 aromatic rings. The number of hydrogen-bond acceptors (Lipinski definition) is 4. The van der Waals surface area contributed by atoms with E-state index >= 15 is 0 Å². The molecule has 0 spiro atoms. The Morgan fingerprint density at radius 3 is 2.44 bits per heavy atom. The molecule has 2 N–H and O–H groups in total. The number of benzene rings is 2. The minimum absolute atomic E-state index is 0.103. The van der Waals surface area contributed by atoms with Gasteiger partial charge in [0.2, 0.25) is 0 Å². The highest BCUT2D eigenvalue weighted by molar-refractivity contribution is 5.72. The van der Waals surface area contributed by atoms with E-state index in [1.165, 1.54) is 57.3 Å². The number of likely N-dealkylation sites (tertiary alicyclic amines) is 1. The van der Waals surface area contributed by atoms with Gasteiger partial charge in [-0.25, -0.2) is 0 Å². The minimum atomic E-state index is 0.103. The van der Waals surface area contributed by atoms with Crippen LogP contribution in [0.2, 0.25) is 0 Å². The summed E-state index contributed by atoms with van der Waals surface area (Å²) >= 11 is 0. The third kappa shape index (κ3) is 5.10. The number of nitrogens with zero attached hydrogens (tertiary/aromatic N) is 1. The van der Waals surface area contributed by atoms with Gasteiger partial charge in [-0.3, -0.25) is 4.90 Å². The second-order valence-corrected chi connectivity index (χ2v) is 7.59. The second-order valence-electron chi connectivity index (χ2n) is 7.59. The summed E-state index contributed by atoms with van der Waals surface area (Å²) < 4.78 is 6.43. The van der Waals surface area contributed by atoms with Crippen LogP contribution in [0.1, 0.15) is 50.3 Å². The van der Waals surface area contributed by atoms with Crippen molar-refractivity contribution < 1.29 is 9.53 Å². The zero-order valence-corrected chi connectivity index (χ0v) is 16.4. The second kappa shape index (κ2) is 9.05. The van der Waals surface area contributed by atoms with Gasteiger partial charge < -0.3 is 15.3 Å². The molecule has 0 bridgehead atoms. The van der Waals surface area contributed by atoms with Crippen molar-refractivity contribution in [1.82, 2.24) is 4.90 Å². The summed E-state index contributed by atoms with van der Waals surface area (Å²) in [6.07, 6.45) is 5.15. The van der Waals surface area contributed by atoms with Crippen LogP contribution in [-0.4, -0.2) is 29.8 Å². The number of piperidine rings is 1. The summed E-state index contributed by atoms with van der Waals surface area (Å²) in [6.45, 7) is 5.44. The smallest absolute Gasteiger partial charge is 0.140 e. The van der Waals surface area contributed by atoms with Crippen molar-refractivity contribution in [2.45, 2.75) is 51.7 Å². The van der Waals surface area contributed by atoms with Crippen LogP contribution in [0.3, 0.4) is 0 Å². The number of rotatable bonds is 3. The van der Waals surface area contributed by atoms with Crippen LogP contribution in [0.4, 0.5) is 5.69 Å². The maximum atomic E-state index is 9.44. The first-order chi connectivity index (χ1) is 13.0. The summed E-state index contributed by atoms with van der Waals surface area (Å²) in [5.41, 5.74) is 9.43. The van der Waals surface area contributed by atoms with Crippen molar-refractivity contribution in [3.8, 4) is 5.75 Å². The number of fused-ring (bicyclic) bond motifs is 1. The van der Waals surface area contributed by atoms with Crippen LogP contribution in [0.25, 0.3) is 0 Å². The van der Waals surface area contributed by atoms with Gasteiger partial charge in [-0.15, -0.1) is 0 Å². The van der Waals surface area contributed by atoms with E-state index in [4.69, 9.17) is 10.5 Å². The molecular formula is C23H30N2O2. The molecule has 4 nitrogen and oxygen atoms in total. The largest absolute Gasteiger partial charge is 0.484 e. The summed E-state index contributed by atoms with van der Waals surface area (Å²) in [7, 11) is 0. The molecule has 1 fully saturated rings. The van der Waals surface area contributed by atoms with Crippen LogP contribution < -0.4 is 10.5 Å². The number of carbonyl (C=O) groups excluding carboxylic acids is 1. The molecule has 0 aromatic heterocycles. The fraction of sp³-hybridized carbons (Fsp3) is 0.435. The van der Waals surface area contributed by atoms with E-state index in [1.807, 2.05) is 24.3 Å². The Morgan fingerprint density at radius 2 is 1.74 bits per heavy atom. The maximum Gasteiger partial charge on any atom is 0.140 e. The highest BCUT2D eigenvalue weighted by Crippen LogP contribution is 2.39. The first-order valence-electron chi connectivity index (χ1n) is 9.86. The third-order valence-corrected chi connectivity index (χ3v) is 5.12. The number of ether oxygens (including phenoxy) is 1. The molecule has 0 radical (unpaired) electrons. The summed E-state index contributed by atoms with van der Waals surface area (Å²) in [4.78, 5) is 12.1. The Hall–Kier alpha value is -2.33. The van der Waals surface area contributed by atoms with Crippen LogP contribution in [0, 0.1) is 0 Å². The molecule has 2 aliphatic rings. The Bertz CT molecular complexity index is 764. The number of anilines is 1. The Kier molecular flexibility index (Phi) is 6.51. The van der Waals surface area contributed by atoms with Gasteiger partial charge >= 0.3 is 0 Å². The van der Waals surface area contributed by atoms with E-state index < -0.39 is 0 Å². The molecule has 1 saturated heterocycles. The number of nitrogen functional groups attached to an aromatic ring is 1. The summed E-state index contributed by atoms with van der Waals surface area (Å²) in [6, 6.07) is 16.9. The van der Waals surface area contributed by atoms with Crippen molar-refractivity contribution in [2.75, 3.05) is 18.8 Å². The highest BCUT2D eigenvalue weighted by Gasteiger charge is 2.38. The molecule has 0 saturated carbocycles. The van der Waals surface area contributed by atoms with Gasteiger partial charge in [0, 0.05) is 11.8 Å². The van der Waals surface area contributed by atoms with Crippen LogP contribution >= 0.6 is 0 Å². The fourth-order valence-electron chi connectivity index (χ4n) is 3.98. The van der Waals surface area contributed by atoms with Gasteiger partial charge in [-0.1, -0.05) is 36.8 Å². The number of ketones is 1. The van der Waals surface area contributed by atoms with Crippen molar-refractivity contribution in [3.63, 3.8) is 0 Å². The summed E-state index contributed by atoms with van der Waals surface area (Å²) in [5.74, 6) is 1.04. The molecule has 2 aromatic carbocycles. The van der Waals surface area contributed by atoms with Crippen molar-refractivity contribution >= 4 is 11.5 Å². The van der Waals surface area contributed by atoms with Crippen molar-refractivity contribution in [3.05, 3.63) is 59.7 Å². The average molecular weight is 367 g/mol. The molecule has 1 aliphatic carbocycles. The Morgan fingerprint density at radius 1 is 1.04 bits per heavy atom. The van der Waals surface area contributed by atoms with Crippen LogP contribution in [0.15, 0.2) is 48.5 Å². The average Bonchev–Trinajstić information content (AvgIpc) is 3.01. The van der Waals surface area contributed by atoms with Crippen molar-refractivity contribution in [1.29, 1.82) is 0 Å². The Balaban J connectivity index is 0.000000481. The quantitative estimate of drug-likeness (QED) is 0.818. The molecule has 0 amide bonds. The standard InChI is InChI=1S/C20H24N2O.C3H6O/c21-16-8-6-9-17(14-16)23-20-18-10-3-2-7-15(18)13-19(20)22-11-4-1-5-12-22;1-3(2)4/h2-3,6-10,14,19-20H,1,4-5,11-13,21H2;1-2H3/t19-,20-;/m0./s1. The number of hydrogen-bond donors (Lipinski definition) is 1. The van der Waals surface area contributed by atoms with Gasteiger partial charge in [-0.2, -0.15) is 0 Å². The molecule has 0 unspecified atom stereocenters. The first kappa shape index (κ1) is 19.4. The lowest BCUT2D eigenvalue weighted by Crippen LogP contribution is -2.43. The van der Waals surface area contributed by atoms with Crippen LogP contribution in [0.5, 0.6) is 5.75 Å². The molecule has 4 rings (SSSR count). The monoisotopic (exact) mass is 366 g/mol. The molecular weight excluding hydrogens is 336 g/mol. The van der Waals surface area contributed by atoms with Gasteiger partial charge in [0.05, 0.1) is 6.04 Å². The zero-order valence-electron chi connectivity index (χ0n) is 16.4. The van der Waals surface area contributed by atoms with E-state index in [2.05, 4.69) is 29.2 Å². The molecule has 2 atom stereocenters. The molecule has 1 heterocycles. The normalized spacial score (nSPS) is 21.7. The number of Topliss-reactive ketones (excluding diaryl/α,β-unsaturated/α-hetero) is 1. The summed E-state index contributed by atoms with van der Waals surface area (Å²) in [5, 5.41) is 0. The van der Waals surface area contributed by atoms with E-state index in [1.54, 1.807) is 0 Å². The van der Waals surface area contributed by atoms with E-state index in [9.17, 15) is 4.79 Å². The molecule has 27 heavy (non-hydrogen) atoms. The molecule has 144 valence electrons. The van der Waals surface area contributed by atoms with E-state index in [0.29, 0.717) is 6.04 Å². The van der Waals surface area contributed by atoms with Gasteiger partial charge in [0.15, 0.2) is 0 Å². The highest BCUT2D eigenvalue weighted by atomic mass is 16.5.